The SMILES string of the molecule is Cc1ccc(/C=C2\SC(=S)N(CCC(=O)Nc3ccc(Cc4nnc(C)o4)cc3)C2=O)cc1. The van der Waals surface area contributed by atoms with Crippen LogP contribution in [0.1, 0.15) is 34.9 Å². The van der Waals surface area contributed by atoms with E-state index in [0.29, 0.717) is 33.1 Å². The van der Waals surface area contributed by atoms with Crippen molar-refractivity contribution >= 4 is 51.9 Å². The van der Waals surface area contributed by atoms with Crippen LogP contribution < -0.4 is 5.32 Å². The number of carbonyl (C=O) groups excluding carboxylic acids is 2. The Kier molecular flexibility index (Phi) is 7.00. The maximum absolute atomic E-state index is 12.7. The number of aromatic nitrogens is 2. The van der Waals surface area contributed by atoms with Gasteiger partial charge in [-0.3, -0.25) is 14.5 Å². The molecule has 1 aliphatic heterocycles. The van der Waals surface area contributed by atoms with Crippen LogP contribution in [0.3, 0.4) is 0 Å². The maximum atomic E-state index is 12.7. The fourth-order valence-corrected chi connectivity index (χ4v) is 4.54. The zero-order valence-corrected chi connectivity index (χ0v) is 19.8. The first-order chi connectivity index (χ1) is 15.9. The number of hydrogen-bond acceptors (Lipinski definition) is 7. The van der Waals surface area contributed by atoms with E-state index in [1.807, 2.05) is 61.5 Å². The van der Waals surface area contributed by atoms with Crippen LogP contribution >= 0.6 is 24.0 Å². The summed E-state index contributed by atoms with van der Waals surface area (Å²) in [6.07, 6.45) is 2.50. The van der Waals surface area contributed by atoms with Crippen molar-refractivity contribution in [2.45, 2.75) is 26.7 Å². The molecule has 1 N–H and O–H groups in total. The summed E-state index contributed by atoms with van der Waals surface area (Å²) in [7, 11) is 0. The van der Waals surface area contributed by atoms with Crippen molar-refractivity contribution < 1.29 is 14.0 Å². The minimum atomic E-state index is -0.188. The Morgan fingerprint density at radius 2 is 1.85 bits per heavy atom. The summed E-state index contributed by atoms with van der Waals surface area (Å²) in [5, 5.41) is 10.7. The number of nitrogens with one attached hydrogen (secondary N) is 1. The molecule has 0 aliphatic carbocycles. The van der Waals surface area contributed by atoms with Crippen LogP contribution in [-0.2, 0) is 16.0 Å². The number of benzene rings is 2. The molecule has 4 rings (SSSR count). The molecule has 33 heavy (non-hydrogen) atoms. The summed E-state index contributed by atoms with van der Waals surface area (Å²) in [4.78, 5) is 27.2. The van der Waals surface area contributed by atoms with Crippen molar-refractivity contribution in [3.05, 3.63) is 81.9 Å². The summed E-state index contributed by atoms with van der Waals surface area (Å²) in [5.41, 5.74) is 3.77. The van der Waals surface area contributed by atoms with Crippen LogP contribution in [0.4, 0.5) is 5.69 Å². The molecule has 2 aromatic carbocycles. The van der Waals surface area contributed by atoms with Gasteiger partial charge in [0, 0.05) is 25.6 Å². The highest BCUT2D eigenvalue weighted by Gasteiger charge is 2.32. The number of anilines is 1. The first kappa shape index (κ1) is 22.9. The molecule has 2 heterocycles. The van der Waals surface area contributed by atoms with Gasteiger partial charge in [-0.1, -0.05) is 65.9 Å². The van der Waals surface area contributed by atoms with Gasteiger partial charge in [0.15, 0.2) is 0 Å². The van der Waals surface area contributed by atoms with Crippen molar-refractivity contribution in [3.63, 3.8) is 0 Å². The van der Waals surface area contributed by atoms with E-state index in [-0.39, 0.29) is 24.8 Å². The van der Waals surface area contributed by atoms with Gasteiger partial charge in [-0.15, -0.1) is 10.2 Å². The summed E-state index contributed by atoms with van der Waals surface area (Å²) < 4.78 is 5.85. The zero-order chi connectivity index (χ0) is 23.4. The minimum Gasteiger partial charge on any atom is -0.425 e. The number of thioether (sulfide) groups is 1. The monoisotopic (exact) mass is 478 g/mol. The largest absolute Gasteiger partial charge is 0.425 e. The number of nitrogens with zero attached hydrogens (tertiary/aromatic N) is 3. The second-order valence-electron chi connectivity index (χ2n) is 7.63. The molecule has 0 spiro atoms. The van der Waals surface area contributed by atoms with Crippen LogP contribution in [0.2, 0.25) is 0 Å². The number of aryl methyl sites for hydroxylation is 2. The van der Waals surface area contributed by atoms with Crippen molar-refractivity contribution in [1.29, 1.82) is 0 Å². The fourth-order valence-electron chi connectivity index (χ4n) is 3.23. The lowest BCUT2D eigenvalue weighted by atomic mass is 10.1. The first-order valence-corrected chi connectivity index (χ1v) is 11.6. The van der Waals surface area contributed by atoms with Gasteiger partial charge >= 0.3 is 0 Å². The summed E-state index contributed by atoms with van der Waals surface area (Å²) in [6, 6.07) is 15.3. The van der Waals surface area contributed by atoms with Crippen molar-refractivity contribution in [2.75, 3.05) is 11.9 Å². The fraction of sp³-hybridized carbons (Fsp3) is 0.208. The molecule has 9 heteroatoms. The Balaban J connectivity index is 1.29. The Labute approximate surface area is 201 Å². The topological polar surface area (TPSA) is 88.3 Å². The van der Waals surface area contributed by atoms with E-state index in [4.69, 9.17) is 16.6 Å². The van der Waals surface area contributed by atoms with E-state index in [2.05, 4.69) is 15.5 Å². The van der Waals surface area contributed by atoms with Crippen LogP contribution in [-0.4, -0.2) is 37.8 Å². The molecule has 0 radical (unpaired) electrons. The second kappa shape index (κ2) is 10.1. The van der Waals surface area contributed by atoms with Gasteiger partial charge in [0.2, 0.25) is 17.7 Å². The van der Waals surface area contributed by atoms with Gasteiger partial charge in [0.05, 0.1) is 11.3 Å². The molecule has 0 atom stereocenters. The predicted molar refractivity (Wildman–Crippen MR) is 133 cm³/mol. The van der Waals surface area contributed by atoms with E-state index in [0.717, 1.165) is 16.7 Å². The average molecular weight is 479 g/mol. The highest BCUT2D eigenvalue weighted by Crippen LogP contribution is 2.32. The molecule has 168 valence electrons. The molecular formula is C24H22N4O3S2. The molecule has 0 saturated carbocycles. The Morgan fingerprint density at radius 1 is 1.12 bits per heavy atom. The van der Waals surface area contributed by atoms with Crippen molar-refractivity contribution in [1.82, 2.24) is 15.1 Å². The normalized spacial score (nSPS) is 14.8. The molecule has 2 amide bonds. The standard InChI is InChI=1S/C24H22N4O3S2/c1-15-3-5-17(6-4-15)13-20-23(30)28(24(32)33-20)12-11-21(29)25-19-9-7-18(8-10-19)14-22-27-26-16(2)31-22/h3-10,13H,11-12,14H2,1-2H3,(H,25,29)/b20-13-. The van der Waals surface area contributed by atoms with E-state index in [1.165, 1.54) is 16.7 Å². The number of amides is 2. The van der Waals surface area contributed by atoms with Crippen molar-refractivity contribution in [3.8, 4) is 0 Å². The van der Waals surface area contributed by atoms with E-state index in [9.17, 15) is 9.59 Å². The van der Waals surface area contributed by atoms with Gasteiger partial charge in [-0.05, 0) is 36.3 Å². The molecule has 1 fully saturated rings. The van der Waals surface area contributed by atoms with Gasteiger partial charge < -0.3 is 9.73 Å². The zero-order valence-electron chi connectivity index (χ0n) is 18.2. The maximum Gasteiger partial charge on any atom is 0.266 e. The van der Waals surface area contributed by atoms with Gasteiger partial charge in [0.25, 0.3) is 5.91 Å². The molecule has 7 nitrogen and oxygen atoms in total. The third kappa shape index (κ3) is 5.94. The number of rotatable bonds is 7. The molecular weight excluding hydrogens is 456 g/mol. The predicted octanol–water partition coefficient (Wildman–Crippen LogP) is 4.51. The number of hydrogen-bond donors (Lipinski definition) is 1. The lowest BCUT2D eigenvalue weighted by molar-refractivity contribution is -0.122. The third-order valence-corrected chi connectivity index (χ3v) is 6.35. The van der Waals surface area contributed by atoms with E-state index < -0.39 is 0 Å². The smallest absolute Gasteiger partial charge is 0.266 e. The summed E-state index contributed by atoms with van der Waals surface area (Å²) in [5.74, 6) is 0.719. The quantitative estimate of drug-likeness (QED) is 0.395. The molecule has 1 saturated heterocycles. The highest BCUT2D eigenvalue weighted by molar-refractivity contribution is 8.26. The van der Waals surface area contributed by atoms with Gasteiger partial charge in [-0.2, -0.15) is 0 Å². The summed E-state index contributed by atoms with van der Waals surface area (Å²) >= 11 is 6.62. The molecule has 0 unspecified atom stereocenters. The van der Waals surface area contributed by atoms with Crippen LogP contribution in [0, 0.1) is 13.8 Å². The van der Waals surface area contributed by atoms with Gasteiger partial charge in [-0.25, -0.2) is 0 Å². The Morgan fingerprint density at radius 3 is 2.52 bits per heavy atom. The second-order valence-corrected chi connectivity index (χ2v) is 9.31. The highest BCUT2D eigenvalue weighted by atomic mass is 32.2. The molecule has 1 aromatic heterocycles. The van der Waals surface area contributed by atoms with E-state index in [1.54, 1.807) is 6.92 Å². The lowest BCUT2D eigenvalue weighted by Gasteiger charge is -2.14. The van der Waals surface area contributed by atoms with Crippen LogP contribution in [0.5, 0.6) is 0 Å². The lowest BCUT2D eigenvalue weighted by Crippen LogP contribution is -2.31. The van der Waals surface area contributed by atoms with Crippen LogP contribution in [0.15, 0.2) is 57.9 Å². The number of carbonyl (C=O) groups is 2. The third-order valence-electron chi connectivity index (χ3n) is 4.97. The summed E-state index contributed by atoms with van der Waals surface area (Å²) in [6.45, 7) is 3.99. The van der Waals surface area contributed by atoms with Crippen molar-refractivity contribution in [2.24, 2.45) is 0 Å². The minimum absolute atomic E-state index is 0.146. The van der Waals surface area contributed by atoms with Crippen LogP contribution in [0.25, 0.3) is 6.08 Å². The molecule has 1 aliphatic rings. The van der Waals surface area contributed by atoms with E-state index >= 15 is 0 Å². The first-order valence-electron chi connectivity index (χ1n) is 10.4. The average Bonchev–Trinajstić information content (AvgIpc) is 3.31. The Hall–Kier alpha value is -3.30. The number of thiocarbonyl (C=S) groups is 1. The Bertz CT molecular complexity index is 1220. The molecule has 0 bridgehead atoms. The van der Waals surface area contributed by atoms with Gasteiger partial charge in [0.1, 0.15) is 4.32 Å². The molecule has 3 aromatic rings.